The van der Waals surface area contributed by atoms with Gasteiger partial charge in [-0.25, -0.2) is 4.98 Å². The summed E-state index contributed by atoms with van der Waals surface area (Å²) in [5.41, 5.74) is 0.729. The minimum Gasteiger partial charge on any atom is -0.449 e. The monoisotopic (exact) mass is 209 g/mol. The first-order valence-electron chi connectivity index (χ1n) is 5.33. The number of hydrogen-bond acceptors (Lipinski definition) is 4. The van der Waals surface area contributed by atoms with Crippen LogP contribution in [-0.4, -0.2) is 24.5 Å². The zero-order valence-corrected chi connectivity index (χ0v) is 8.65. The van der Waals surface area contributed by atoms with Gasteiger partial charge in [-0.3, -0.25) is 0 Å². The highest BCUT2D eigenvalue weighted by molar-refractivity contribution is 5.53. The predicted molar refractivity (Wildman–Crippen MR) is 53.5 cm³/mol. The largest absolute Gasteiger partial charge is 0.449 e. The molecule has 0 N–H and O–H groups in total. The number of carbonyl (C=O) groups excluding carboxylic acids is 1. The number of ether oxygens (including phenoxy) is 1. The molecular weight excluding hydrogens is 194 g/mol. The van der Waals surface area contributed by atoms with Gasteiger partial charge in [-0.1, -0.05) is 0 Å². The lowest BCUT2D eigenvalue weighted by molar-refractivity contribution is -0.107. The minimum atomic E-state index is 0.345. The number of rotatable bonds is 4. The molecule has 2 rings (SSSR count). The molecule has 0 aromatic carbocycles. The molecule has 0 bridgehead atoms. The van der Waals surface area contributed by atoms with Crippen LogP contribution in [0.4, 0.5) is 0 Å². The Morgan fingerprint density at radius 1 is 1.47 bits per heavy atom. The van der Waals surface area contributed by atoms with Gasteiger partial charge in [0.05, 0.1) is 5.69 Å². The molecule has 0 atom stereocenters. The minimum absolute atomic E-state index is 0.345. The molecule has 2 heterocycles. The third-order valence-corrected chi connectivity index (χ3v) is 2.70. The summed E-state index contributed by atoms with van der Waals surface area (Å²) in [6.45, 7) is 1.68. The molecule has 1 aromatic rings. The summed E-state index contributed by atoms with van der Waals surface area (Å²) in [4.78, 5) is 14.5. The maximum atomic E-state index is 10.3. The molecule has 4 nitrogen and oxygen atoms in total. The van der Waals surface area contributed by atoms with Gasteiger partial charge in [0.2, 0.25) is 0 Å². The predicted octanol–water partition coefficient (Wildman–Crippen LogP) is 1.39. The first-order chi connectivity index (χ1) is 7.38. The second kappa shape index (κ2) is 5.07. The van der Waals surface area contributed by atoms with Crippen molar-refractivity contribution in [3.05, 3.63) is 17.8 Å². The van der Waals surface area contributed by atoms with Crippen LogP contribution in [0.1, 0.15) is 24.4 Å². The fourth-order valence-electron chi connectivity index (χ4n) is 1.82. The van der Waals surface area contributed by atoms with E-state index >= 15 is 0 Å². The quantitative estimate of drug-likeness (QED) is 0.703. The summed E-state index contributed by atoms with van der Waals surface area (Å²) in [6.07, 6.45) is 5.77. The zero-order chi connectivity index (χ0) is 10.5. The van der Waals surface area contributed by atoms with Crippen LogP contribution in [0.15, 0.2) is 10.7 Å². The molecule has 0 spiro atoms. The van der Waals surface area contributed by atoms with Crippen molar-refractivity contribution < 1.29 is 13.9 Å². The summed E-state index contributed by atoms with van der Waals surface area (Å²) in [5, 5.41) is 0. The maximum Gasteiger partial charge on any atom is 0.194 e. The Morgan fingerprint density at radius 3 is 3.00 bits per heavy atom. The molecule has 1 aliphatic rings. The Labute approximate surface area is 88.6 Å². The van der Waals surface area contributed by atoms with E-state index in [4.69, 9.17) is 9.15 Å². The van der Waals surface area contributed by atoms with Crippen molar-refractivity contribution in [2.75, 3.05) is 13.2 Å². The zero-order valence-electron chi connectivity index (χ0n) is 8.65. The van der Waals surface area contributed by atoms with Gasteiger partial charge in [0.15, 0.2) is 5.89 Å². The van der Waals surface area contributed by atoms with Crippen molar-refractivity contribution in [1.82, 2.24) is 4.98 Å². The summed E-state index contributed by atoms with van der Waals surface area (Å²) >= 11 is 0. The average molecular weight is 209 g/mol. The van der Waals surface area contributed by atoms with Crippen LogP contribution < -0.4 is 0 Å². The molecular formula is C11H15NO3. The van der Waals surface area contributed by atoms with Crippen molar-refractivity contribution in [2.45, 2.75) is 25.7 Å². The molecule has 15 heavy (non-hydrogen) atoms. The fourth-order valence-corrected chi connectivity index (χ4v) is 1.82. The van der Waals surface area contributed by atoms with Crippen LogP contribution in [0.5, 0.6) is 0 Å². The fraction of sp³-hybridized carbons (Fsp3) is 0.636. The van der Waals surface area contributed by atoms with E-state index in [1.54, 1.807) is 6.26 Å². The Bertz CT molecular complexity index is 315. The molecule has 0 radical (unpaired) electrons. The van der Waals surface area contributed by atoms with Crippen LogP contribution in [-0.2, 0) is 22.4 Å². The molecule has 0 unspecified atom stereocenters. The van der Waals surface area contributed by atoms with Crippen LogP contribution in [0, 0.1) is 5.92 Å². The highest BCUT2D eigenvalue weighted by atomic mass is 16.5. The highest BCUT2D eigenvalue weighted by Crippen LogP contribution is 2.19. The maximum absolute atomic E-state index is 10.3. The van der Waals surface area contributed by atoms with Gasteiger partial charge < -0.3 is 13.9 Å². The second-order valence-corrected chi connectivity index (χ2v) is 3.86. The lowest BCUT2D eigenvalue weighted by Gasteiger charge is -2.20. The molecule has 1 aromatic heterocycles. The van der Waals surface area contributed by atoms with E-state index in [9.17, 15) is 4.79 Å². The van der Waals surface area contributed by atoms with E-state index in [0.717, 1.165) is 50.3 Å². The Morgan fingerprint density at radius 2 is 2.27 bits per heavy atom. The number of carbonyl (C=O) groups is 1. The van der Waals surface area contributed by atoms with Crippen molar-refractivity contribution >= 4 is 6.29 Å². The summed E-state index contributed by atoms with van der Waals surface area (Å²) in [7, 11) is 0. The summed E-state index contributed by atoms with van der Waals surface area (Å²) in [5.74, 6) is 1.36. The van der Waals surface area contributed by atoms with E-state index in [1.807, 2.05) is 0 Å². The molecule has 1 saturated heterocycles. The van der Waals surface area contributed by atoms with Gasteiger partial charge >= 0.3 is 0 Å². The van der Waals surface area contributed by atoms with Crippen molar-refractivity contribution in [2.24, 2.45) is 5.92 Å². The summed E-state index contributed by atoms with van der Waals surface area (Å²) < 4.78 is 10.6. The van der Waals surface area contributed by atoms with E-state index < -0.39 is 0 Å². The van der Waals surface area contributed by atoms with Crippen LogP contribution in [0.3, 0.4) is 0 Å². The third kappa shape index (κ3) is 2.89. The first kappa shape index (κ1) is 10.4. The van der Waals surface area contributed by atoms with Crippen LogP contribution in [0.25, 0.3) is 0 Å². The van der Waals surface area contributed by atoms with Gasteiger partial charge in [-0.05, 0) is 18.8 Å². The van der Waals surface area contributed by atoms with E-state index in [1.165, 1.54) is 0 Å². The Kier molecular flexibility index (Phi) is 3.50. The van der Waals surface area contributed by atoms with Crippen molar-refractivity contribution in [3.63, 3.8) is 0 Å². The van der Waals surface area contributed by atoms with Gasteiger partial charge in [0, 0.05) is 26.1 Å². The molecule has 0 amide bonds. The molecule has 1 aliphatic heterocycles. The third-order valence-electron chi connectivity index (χ3n) is 2.70. The number of nitrogens with zero attached hydrogens (tertiary/aromatic N) is 1. The van der Waals surface area contributed by atoms with Crippen molar-refractivity contribution in [1.29, 1.82) is 0 Å². The number of hydrogen-bond donors (Lipinski definition) is 0. The second-order valence-electron chi connectivity index (χ2n) is 3.86. The van der Waals surface area contributed by atoms with Gasteiger partial charge in [-0.2, -0.15) is 0 Å². The van der Waals surface area contributed by atoms with E-state index in [0.29, 0.717) is 12.3 Å². The lowest BCUT2D eigenvalue weighted by Crippen LogP contribution is -2.17. The van der Waals surface area contributed by atoms with Gasteiger partial charge in [-0.15, -0.1) is 0 Å². The van der Waals surface area contributed by atoms with Crippen molar-refractivity contribution in [3.8, 4) is 0 Å². The number of oxazole rings is 1. The molecule has 82 valence electrons. The smallest absolute Gasteiger partial charge is 0.194 e. The average Bonchev–Trinajstić information content (AvgIpc) is 2.68. The summed E-state index contributed by atoms with van der Waals surface area (Å²) in [6, 6.07) is 0. The standard InChI is InChI=1S/C11H15NO3/c13-4-1-10-8-15-11(12-10)7-9-2-5-14-6-3-9/h4,8-9H,1-3,5-7H2. The number of aromatic nitrogens is 1. The lowest BCUT2D eigenvalue weighted by atomic mass is 9.97. The van der Waals surface area contributed by atoms with Crippen LogP contribution >= 0.6 is 0 Å². The number of aldehydes is 1. The normalized spacial score (nSPS) is 17.9. The van der Waals surface area contributed by atoms with Gasteiger partial charge in [0.1, 0.15) is 12.5 Å². The Balaban J connectivity index is 1.88. The van der Waals surface area contributed by atoms with Gasteiger partial charge in [0.25, 0.3) is 0 Å². The highest BCUT2D eigenvalue weighted by Gasteiger charge is 2.16. The molecule has 0 aliphatic carbocycles. The topological polar surface area (TPSA) is 52.3 Å². The SMILES string of the molecule is O=CCc1coc(CC2CCOCC2)n1. The molecule has 1 fully saturated rings. The van der Waals surface area contributed by atoms with E-state index in [2.05, 4.69) is 4.98 Å². The molecule has 0 saturated carbocycles. The van der Waals surface area contributed by atoms with Crippen LogP contribution in [0.2, 0.25) is 0 Å². The van der Waals surface area contributed by atoms with E-state index in [-0.39, 0.29) is 0 Å². The first-order valence-corrected chi connectivity index (χ1v) is 5.33. The molecule has 4 heteroatoms. The Hall–Kier alpha value is -1.16.